The van der Waals surface area contributed by atoms with Crippen molar-refractivity contribution < 1.29 is 17.6 Å². The van der Waals surface area contributed by atoms with E-state index in [1.165, 1.54) is 16.4 Å². The van der Waals surface area contributed by atoms with Crippen LogP contribution in [0.1, 0.15) is 41.6 Å². The van der Waals surface area contributed by atoms with Crippen molar-refractivity contribution in [2.24, 2.45) is 0 Å². The number of rotatable bonds is 4. The average Bonchev–Trinajstić information content (AvgIpc) is 3.11. The van der Waals surface area contributed by atoms with E-state index in [4.69, 9.17) is 5.26 Å². The summed E-state index contributed by atoms with van der Waals surface area (Å²) in [4.78, 5) is 16.6. The number of nitriles is 1. The number of carbonyl (C=O) groups is 1. The fourth-order valence-corrected chi connectivity index (χ4v) is 5.99. The van der Waals surface area contributed by atoms with Crippen molar-refractivity contribution in [2.75, 3.05) is 44.2 Å². The van der Waals surface area contributed by atoms with Crippen LogP contribution in [-0.4, -0.2) is 62.8 Å². The van der Waals surface area contributed by atoms with Gasteiger partial charge in [-0.25, -0.2) is 12.8 Å². The van der Waals surface area contributed by atoms with Gasteiger partial charge in [-0.05, 0) is 61.7 Å². The third kappa shape index (κ3) is 5.02. The van der Waals surface area contributed by atoms with Crippen molar-refractivity contribution in [1.29, 1.82) is 5.26 Å². The standard InChI is InChI=1S/C24H27FN4O3S/c25-22-10-7-20(17-23(22)33(31,32)29-13-2-1-3-14-29)24(30)28-12-4-11-27(15-16-28)21-8-5-19(18-26)6-9-21/h5-10,17H,1-4,11-16H2. The molecule has 0 spiro atoms. The van der Waals surface area contributed by atoms with E-state index in [1.54, 1.807) is 17.0 Å². The molecule has 0 aromatic heterocycles. The predicted octanol–water partition coefficient (Wildman–Crippen LogP) is 3.22. The summed E-state index contributed by atoms with van der Waals surface area (Å²) < 4.78 is 41.8. The molecule has 7 nitrogen and oxygen atoms in total. The molecule has 4 rings (SSSR count). The molecule has 2 fully saturated rings. The van der Waals surface area contributed by atoms with Crippen molar-refractivity contribution in [3.63, 3.8) is 0 Å². The van der Waals surface area contributed by atoms with Gasteiger partial charge in [0.2, 0.25) is 10.0 Å². The highest BCUT2D eigenvalue weighted by Crippen LogP contribution is 2.25. The van der Waals surface area contributed by atoms with Crippen LogP contribution in [0.25, 0.3) is 0 Å². The molecule has 0 radical (unpaired) electrons. The van der Waals surface area contributed by atoms with Crippen LogP contribution < -0.4 is 4.90 Å². The summed E-state index contributed by atoms with van der Waals surface area (Å²) in [5.74, 6) is -1.13. The molecule has 0 aliphatic carbocycles. The number of hydrogen-bond acceptors (Lipinski definition) is 5. The van der Waals surface area contributed by atoms with Crippen LogP contribution in [-0.2, 0) is 10.0 Å². The molecule has 2 aliphatic rings. The SMILES string of the molecule is N#Cc1ccc(N2CCCN(C(=O)c3ccc(F)c(S(=O)(=O)N4CCCCC4)c3)CC2)cc1. The lowest BCUT2D eigenvalue weighted by atomic mass is 10.2. The van der Waals surface area contributed by atoms with Gasteiger partial charge in [-0.3, -0.25) is 4.79 Å². The number of benzene rings is 2. The molecular weight excluding hydrogens is 443 g/mol. The topological polar surface area (TPSA) is 84.7 Å². The second kappa shape index (κ2) is 9.89. The number of nitrogens with zero attached hydrogens (tertiary/aromatic N) is 4. The molecule has 2 saturated heterocycles. The van der Waals surface area contributed by atoms with Crippen LogP contribution in [0.4, 0.5) is 10.1 Å². The Hall–Kier alpha value is -2.96. The van der Waals surface area contributed by atoms with Crippen LogP contribution in [0.2, 0.25) is 0 Å². The van der Waals surface area contributed by atoms with Gasteiger partial charge in [0, 0.05) is 50.5 Å². The molecule has 0 atom stereocenters. The van der Waals surface area contributed by atoms with Crippen molar-refractivity contribution >= 4 is 21.6 Å². The minimum absolute atomic E-state index is 0.179. The van der Waals surface area contributed by atoms with Crippen LogP contribution >= 0.6 is 0 Å². The van der Waals surface area contributed by atoms with E-state index < -0.39 is 20.7 Å². The Kier molecular flexibility index (Phi) is 6.96. The lowest BCUT2D eigenvalue weighted by molar-refractivity contribution is 0.0766. The molecule has 2 aromatic carbocycles. The lowest BCUT2D eigenvalue weighted by Gasteiger charge is -2.26. The summed E-state index contributed by atoms with van der Waals surface area (Å²) >= 11 is 0. The van der Waals surface area contributed by atoms with Gasteiger partial charge in [0.15, 0.2) is 0 Å². The Morgan fingerprint density at radius 1 is 0.879 bits per heavy atom. The van der Waals surface area contributed by atoms with Gasteiger partial charge in [-0.15, -0.1) is 0 Å². The molecule has 0 saturated carbocycles. The molecule has 0 N–H and O–H groups in total. The quantitative estimate of drug-likeness (QED) is 0.685. The zero-order valence-electron chi connectivity index (χ0n) is 18.4. The Morgan fingerprint density at radius 3 is 2.30 bits per heavy atom. The Labute approximate surface area is 194 Å². The van der Waals surface area contributed by atoms with Crippen LogP contribution in [0.15, 0.2) is 47.4 Å². The van der Waals surface area contributed by atoms with Gasteiger partial charge in [-0.2, -0.15) is 9.57 Å². The Balaban J connectivity index is 1.50. The van der Waals surface area contributed by atoms with Gasteiger partial charge in [0.1, 0.15) is 10.7 Å². The second-order valence-corrected chi connectivity index (χ2v) is 10.3. The van der Waals surface area contributed by atoms with Gasteiger partial charge in [0.25, 0.3) is 5.91 Å². The fraction of sp³-hybridized carbons (Fsp3) is 0.417. The summed E-state index contributed by atoms with van der Waals surface area (Å²) in [5, 5.41) is 8.98. The number of halogens is 1. The maximum Gasteiger partial charge on any atom is 0.253 e. The van der Waals surface area contributed by atoms with Crippen molar-refractivity contribution in [3.05, 3.63) is 59.4 Å². The fourth-order valence-electron chi connectivity index (χ4n) is 4.39. The second-order valence-electron chi connectivity index (χ2n) is 8.40. The zero-order chi connectivity index (χ0) is 23.4. The first-order chi connectivity index (χ1) is 15.9. The highest BCUT2D eigenvalue weighted by Gasteiger charge is 2.30. The summed E-state index contributed by atoms with van der Waals surface area (Å²) in [6, 6.07) is 13.1. The molecule has 0 unspecified atom stereocenters. The van der Waals surface area contributed by atoms with E-state index >= 15 is 0 Å². The number of amides is 1. The van der Waals surface area contributed by atoms with E-state index in [0.717, 1.165) is 44.0 Å². The summed E-state index contributed by atoms with van der Waals surface area (Å²) in [7, 11) is -3.98. The van der Waals surface area contributed by atoms with Crippen LogP contribution in [0.3, 0.4) is 0 Å². The minimum Gasteiger partial charge on any atom is -0.370 e. The largest absolute Gasteiger partial charge is 0.370 e. The maximum absolute atomic E-state index is 14.5. The molecule has 2 aromatic rings. The summed E-state index contributed by atoms with van der Waals surface area (Å²) in [6.07, 6.45) is 3.21. The Bertz CT molecular complexity index is 1160. The van der Waals surface area contributed by atoms with E-state index in [-0.39, 0.29) is 11.5 Å². The third-order valence-corrected chi connectivity index (χ3v) is 8.17. The molecule has 33 heavy (non-hydrogen) atoms. The van der Waals surface area contributed by atoms with E-state index in [0.29, 0.717) is 38.3 Å². The first kappa shape index (κ1) is 23.2. The molecule has 1 amide bonds. The van der Waals surface area contributed by atoms with E-state index in [9.17, 15) is 17.6 Å². The molecule has 2 heterocycles. The van der Waals surface area contributed by atoms with E-state index in [2.05, 4.69) is 11.0 Å². The highest BCUT2D eigenvalue weighted by atomic mass is 32.2. The molecule has 0 bridgehead atoms. The first-order valence-electron chi connectivity index (χ1n) is 11.2. The smallest absolute Gasteiger partial charge is 0.253 e. The number of anilines is 1. The molecule has 2 aliphatic heterocycles. The summed E-state index contributed by atoms with van der Waals surface area (Å²) in [6.45, 7) is 3.10. The van der Waals surface area contributed by atoms with Crippen molar-refractivity contribution in [3.8, 4) is 6.07 Å². The summed E-state index contributed by atoms with van der Waals surface area (Å²) in [5.41, 5.74) is 1.76. The molecular formula is C24H27FN4O3S. The van der Waals surface area contributed by atoms with Gasteiger partial charge < -0.3 is 9.80 Å². The molecule has 174 valence electrons. The number of hydrogen-bond donors (Lipinski definition) is 0. The minimum atomic E-state index is -3.98. The third-order valence-electron chi connectivity index (χ3n) is 6.26. The van der Waals surface area contributed by atoms with Crippen molar-refractivity contribution in [2.45, 2.75) is 30.6 Å². The predicted molar refractivity (Wildman–Crippen MR) is 123 cm³/mol. The van der Waals surface area contributed by atoms with E-state index in [1.807, 2.05) is 12.1 Å². The van der Waals surface area contributed by atoms with Gasteiger partial charge >= 0.3 is 0 Å². The Morgan fingerprint density at radius 2 is 1.61 bits per heavy atom. The number of sulfonamides is 1. The maximum atomic E-state index is 14.5. The average molecular weight is 471 g/mol. The lowest BCUT2D eigenvalue weighted by Crippen LogP contribution is -2.37. The zero-order valence-corrected chi connectivity index (χ0v) is 19.2. The number of piperidine rings is 1. The van der Waals surface area contributed by atoms with Crippen LogP contribution in [0, 0.1) is 17.1 Å². The highest BCUT2D eigenvalue weighted by molar-refractivity contribution is 7.89. The monoisotopic (exact) mass is 470 g/mol. The normalized spacial score (nSPS) is 17.9. The van der Waals surface area contributed by atoms with Gasteiger partial charge in [-0.1, -0.05) is 6.42 Å². The van der Waals surface area contributed by atoms with Gasteiger partial charge in [0.05, 0.1) is 11.6 Å². The number of carbonyl (C=O) groups excluding carboxylic acids is 1. The molecule has 9 heteroatoms. The van der Waals surface area contributed by atoms with Crippen molar-refractivity contribution in [1.82, 2.24) is 9.21 Å². The van der Waals surface area contributed by atoms with Crippen LogP contribution in [0.5, 0.6) is 0 Å². The first-order valence-corrected chi connectivity index (χ1v) is 12.7.